The van der Waals surface area contributed by atoms with Gasteiger partial charge in [0.05, 0.1) is 11.3 Å². The van der Waals surface area contributed by atoms with Gasteiger partial charge in [-0.25, -0.2) is 9.18 Å². The average molecular weight is 448 g/mol. The van der Waals surface area contributed by atoms with Gasteiger partial charge in [0, 0.05) is 16.7 Å². The molecule has 1 saturated carbocycles. The summed E-state index contributed by atoms with van der Waals surface area (Å²) in [5.74, 6) is -1.88. The molecule has 0 radical (unpaired) electrons. The second-order valence-corrected chi connectivity index (χ2v) is 8.97. The lowest BCUT2D eigenvalue weighted by atomic mass is 9.91. The monoisotopic (exact) mass is 448 g/mol. The molecule has 0 saturated heterocycles. The normalized spacial score (nSPS) is 21.5. The van der Waals surface area contributed by atoms with Gasteiger partial charge >= 0.3 is 5.97 Å². The number of aliphatic carboxylic acids is 1. The zero-order chi connectivity index (χ0) is 23.5. The molecule has 5 rings (SSSR count). The molecule has 2 aliphatic heterocycles. The van der Waals surface area contributed by atoms with E-state index < -0.39 is 28.8 Å². The van der Waals surface area contributed by atoms with E-state index in [1.165, 1.54) is 12.1 Å². The molecule has 0 bridgehead atoms. The maximum absolute atomic E-state index is 13.6. The van der Waals surface area contributed by atoms with E-state index in [1.807, 2.05) is 13.8 Å². The van der Waals surface area contributed by atoms with Crippen molar-refractivity contribution in [3.8, 4) is 0 Å². The Morgan fingerprint density at radius 2 is 1.82 bits per heavy atom. The maximum atomic E-state index is 13.6. The minimum atomic E-state index is -1.15. The fourth-order valence-corrected chi connectivity index (χ4v) is 4.22. The number of amides is 2. The Kier molecular flexibility index (Phi) is 4.46. The smallest absolute Gasteiger partial charge is 0.329 e. The molecule has 1 fully saturated rings. The van der Waals surface area contributed by atoms with Gasteiger partial charge in [0.15, 0.2) is 0 Å². The van der Waals surface area contributed by atoms with E-state index in [1.54, 1.807) is 36.4 Å². The van der Waals surface area contributed by atoms with Crippen LogP contribution in [0.2, 0.25) is 0 Å². The number of ether oxygens (including phenoxy) is 1. The number of hydrogen-bond acceptors (Lipinski definition) is 4. The third-order valence-electron chi connectivity index (χ3n) is 6.23. The summed E-state index contributed by atoms with van der Waals surface area (Å²) in [7, 11) is 0. The lowest BCUT2D eigenvalue weighted by molar-refractivity contribution is -0.140. The van der Waals surface area contributed by atoms with E-state index in [-0.39, 0.29) is 5.91 Å². The molecule has 3 aliphatic rings. The molecule has 168 valence electrons. The first-order chi connectivity index (χ1) is 15.6. The molecule has 7 nitrogen and oxygen atoms in total. The zero-order valence-corrected chi connectivity index (χ0v) is 18.0. The highest BCUT2D eigenvalue weighted by Gasteiger charge is 2.51. The number of allylic oxidation sites excluding steroid dienone is 1. The van der Waals surface area contributed by atoms with Crippen molar-refractivity contribution in [2.24, 2.45) is 0 Å². The molecule has 1 aliphatic carbocycles. The first-order valence-corrected chi connectivity index (χ1v) is 10.5. The molecule has 2 amide bonds. The summed E-state index contributed by atoms with van der Waals surface area (Å²) < 4.78 is 19.7. The molecule has 0 atom stereocenters. The minimum absolute atomic E-state index is 0.340. The van der Waals surface area contributed by atoms with E-state index in [2.05, 4.69) is 10.6 Å². The van der Waals surface area contributed by atoms with Gasteiger partial charge in [0.2, 0.25) is 0 Å². The third-order valence-corrected chi connectivity index (χ3v) is 6.23. The summed E-state index contributed by atoms with van der Waals surface area (Å²) in [6.07, 6.45) is 2.63. The highest BCUT2D eigenvalue weighted by Crippen LogP contribution is 2.44. The van der Waals surface area contributed by atoms with Crippen LogP contribution in [0.4, 0.5) is 10.1 Å². The Labute approximate surface area is 188 Å². The van der Waals surface area contributed by atoms with Crippen molar-refractivity contribution in [2.45, 2.75) is 37.8 Å². The van der Waals surface area contributed by atoms with Crippen LogP contribution in [0, 0.1) is 5.82 Å². The van der Waals surface area contributed by atoms with Gasteiger partial charge in [-0.3, -0.25) is 9.59 Å². The first-order valence-electron chi connectivity index (χ1n) is 10.5. The van der Waals surface area contributed by atoms with Gasteiger partial charge in [-0.1, -0.05) is 12.1 Å². The Morgan fingerprint density at radius 3 is 2.45 bits per heavy atom. The number of rotatable bonds is 4. The zero-order valence-electron chi connectivity index (χ0n) is 18.0. The number of halogens is 1. The molecule has 2 aromatic carbocycles. The molecule has 33 heavy (non-hydrogen) atoms. The first kappa shape index (κ1) is 20.9. The fraction of sp³-hybridized carbons (Fsp3) is 0.240. The molecule has 8 heteroatoms. The third kappa shape index (κ3) is 3.47. The summed E-state index contributed by atoms with van der Waals surface area (Å²) in [6.45, 7) is 3.74. The van der Waals surface area contributed by atoms with E-state index in [0.29, 0.717) is 41.0 Å². The van der Waals surface area contributed by atoms with Crippen LogP contribution in [0.25, 0.3) is 11.1 Å². The predicted octanol–water partition coefficient (Wildman–Crippen LogP) is 3.73. The molecule has 3 N–H and O–H groups in total. The maximum Gasteiger partial charge on any atom is 0.329 e. The molecular weight excluding hydrogens is 427 g/mol. The van der Waals surface area contributed by atoms with Crippen LogP contribution < -0.4 is 10.6 Å². The number of carbonyl (C=O) groups is 3. The van der Waals surface area contributed by atoms with Gasteiger partial charge in [-0.15, -0.1) is 0 Å². The highest BCUT2D eigenvalue weighted by atomic mass is 19.1. The topological polar surface area (TPSA) is 105 Å². The van der Waals surface area contributed by atoms with Gasteiger partial charge in [0.1, 0.15) is 22.7 Å². The van der Waals surface area contributed by atoms with E-state index in [4.69, 9.17) is 4.74 Å². The van der Waals surface area contributed by atoms with Crippen molar-refractivity contribution < 1.29 is 28.6 Å². The van der Waals surface area contributed by atoms with Crippen molar-refractivity contribution in [3.05, 3.63) is 76.8 Å². The Morgan fingerprint density at radius 1 is 1.12 bits per heavy atom. The minimum Gasteiger partial charge on any atom is -0.482 e. The lowest BCUT2D eigenvalue weighted by Crippen LogP contribution is -2.43. The van der Waals surface area contributed by atoms with Crippen molar-refractivity contribution >= 4 is 34.6 Å². The summed E-state index contributed by atoms with van der Waals surface area (Å²) in [5.41, 5.74) is 1.37. The Hall–Kier alpha value is -3.94. The molecule has 0 spiro atoms. The standard InChI is InChI=1S/C25H21FN2O5/c1-24(2)17(12-19(33-24)20-16-8-7-15(26)11-18(16)27-22(20)30)13-3-5-14(6-4-13)21(29)28-25(9-10-25)23(31)32/h3-8,11-12H,9-10H2,1-2H3,(H,27,30)(H,28,29)(H,31,32)/b20-19+. The number of anilines is 1. The van der Waals surface area contributed by atoms with Crippen LogP contribution in [0.15, 0.2) is 54.3 Å². The van der Waals surface area contributed by atoms with E-state index in [0.717, 1.165) is 11.1 Å². The summed E-state index contributed by atoms with van der Waals surface area (Å²) in [5, 5.41) is 14.5. The number of fused-ring (bicyclic) bond motifs is 1. The van der Waals surface area contributed by atoms with Crippen molar-refractivity contribution in [1.82, 2.24) is 5.32 Å². The number of nitrogens with one attached hydrogen (secondary N) is 2. The number of benzene rings is 2. The van der Waals surface area contributed by atoms with Crippen molar-refractivity contribution in [3.63, 3.8) is 0 Å². The van der Waals surface area contributed by atoms with Crippen LogP contribution in [-0.2, 0) is 14.3 Å². The Bertz CT molecular complexity index is 1290. The SMILES string of the molecule is CC1(C)O/C(=C2/C(=O)Nc3cc(F)ccc32)C=C1c1ccc(C(=O)NC2(C(=O)O)CC2)cc1. The van der Waals surface area contributed by atoms with Gasteiger partial charge in [0.25, 0.3) is 11.8 Å². The molecule has 2 heterocycles. The Balaban J connectivity index is 1.45. The lowest BCUT2D eigenvalue weighted by Gasteiger charge is -2.23. The summed E-state index contributed by atoms with van der Waals surface area (Å²) in [6, 6.07) is 10.9. The van der Waals surface area contributed by atoms with Crippen LogP contribution >= 0.6 is 0 Å². The quantitative estimate of drug-likeness (QED) is 0.619. The molecular formula is C25H21FN2O5. The van der Waals surface area contributed by atoms with Crippen molar-refractivity contribution in [2.75, 3.05) is 5.32 Å². The number of carboxylic acids is 1. The van der Waals surface area contributed by atoms with E-state index in [9.17, 15) is 23.9 Å². The van der Waals surface area contributed by atoms with Gasteiger partial charge in [-0.05, 0) is 68.7 Å². The molecule has 0 aromatic heterocycles. The van der Waals surface area contributed by atoms with Crippen LogP contribution in [0.1, 0.15) is 48.2 Å². The van der Waals surface area contributed by atoms with Crippen molar-refractivity contribution in [1.29, 1.82) is 0 Å². The van der Waals surface area contributed by atoms with Crippen LogP contribution in [0.3, 0.4) is 0 Å². The number of carboxylic acid groups (broad SMARTS) is 1. The number of hydrogen-bond donors (Lipinski definition) is 3. The average Bonchev–Trinajstić information content (AvgIpc) is 3.37. The predicted molar refractivity (Wildman–Crippen MR) is 119 cm³/mol. The summed E-state index contributed by atoms with van der Waals surface area (Å²) >= 11 is 0. The molecule has 0 unspecified atom stereocenters. The van der Waals surface area contributed by atoms with Gasteiger partial charge in [-0.2, -0.15) is 0 Å². The van der Waals surface area contributed by atoms with Crippen LogP contribution in [-0.4, -0.2) is 34.0 Å². The molecule has 2 aromatic rings. The highest BCUT2D eigenvalue weighted by molar-refractivity contribution is 6.32. The van der Waals surface area contributed by atoms with E-state index >= 15 is 0 Å². The largest absolute Gasteiger partial charge is 0.482 e. The second-order valence-electron chi connectivity index (χ2n) is 8.97. The number of carbonyl (C=O) groups excluding carboxylic acids is 2. The second kappa shape index (κ2) is 7.03. The summed E-state index contributed by atoms with van der Waals surface area (Å²) in [4.78, 5) is 36.4. The van der Waals surface area contributed by atoms with Gasteiger partial charge < -0.3 is 20.5 Å². The fourth-order valence-electron chi connectivity index (χ4n) is 4.22. The van der Waals surface area contributed by atoms with Crippen LogP contribution in [0.5, 0.6) is 0 Å².